The minimum Gasteiger partial charge on any atom is -0.477 e. The predicted molar refractivity (Wildman–Crippen MR) is 102 cm³/mol. The summed E-state index contributed by atoms with van der Waals surface area (Å²) in [4.78, 5) is 25.8. The fourth-order valence-corrected chi connectivity index (χ4v) is 4.25. The van der Waals surface area contributed by atoms with Crippen molar-refractivity contribution in [2.24, 2.45) is 0 Å². The first-order valence-electron chi connectivity index (χ1n) is 9.59. The second-order valence-electron chi connectivity index (χ2n) is 7.69. The van der Waals surface area contributed by atoms with Crippen molar-refractivity contribution in [1.82, 2.24) is 5.16 Å². The zero-order valence-electron chi connectivity index (χ0n) is 16.1. The molecule has 2 aliphatic rings. The molecule has 2 fully saturated rings. The van der Waals surface area contributed by atoms with Crippen molar-refractivity contribution in [3.05, 3.63) is 46.8 Å². The van der Waals surface area contributed by atoms with Gasteiger partial charge in [-0.05, 0) is 50.3 Å². The Morgan fingerprint density at radius 2 is 1.86 bits per heavy atom. The number of carboxylic acids is 1. The molecule has 1 aliphatic heterocycles. The van der Waals surface area contributed by atoms with Crippen molar-refractivity contribution in [3.63, 3.8) is 0 Å². The number of aryl methyl sites for hydroxylation is 1. The zero-order valence-corrected chi connectivity index (χ0v) is 16.1. The Morgan fingerprint density at radius 3 is 2.39 bits per heavy atom. The van der Waals surface area contributed by atoms with Crippen LogP contribution >= 0.6 is 0 Å². The molecular weight excluding hydrogens is 360 g/mol. The topological polar surface area (TPSA) is 92.9 Å². The average Bonchev–Trinajstić information content (AvgIpc) is 3.43. The van der Waals surface area contributed by atoms with Crippen LogP contribution in [0.15, 0.2) is 28.8 Å². The number of hydrogen-bond acceptors (Lipinski definition) is 6. The number of rotatable bonds is 5. The Kier molecular flexibility index (Phi) is 4.61. The number of methoxy groups -OCH3 is 1. The number of esters is 1. The predicted octanol–water partition coefficient (Wildman–Crippen LogP) is 3.27. The molecule has 4 rings (SSSR count). The number of aromatic carboxylic acids is 1. The van der Waals surface area contributed by atoms with E-state index in [4.69, 9.17) is 9.26 Å². The van der Waals surface area contributed by atoms with Gasteiger partial charge in [-0.3, -0.25) is 4.79 Å². The van der Waals surface area contributed by atoms with E-state index in [0.717, 1.165) is 50.0 Å². The van der Waals surface area contributed by atoms with Crippen LogP contribution in [0.2, 0.25) is 0 Å². The van der Waals surface area contributed by atoms with E-state index in [-0.39, 0.29) is 17.5 Å². The molecule has 0 bridgehead atoms. The van der Waals surface area contributed by atoms with Crippen molar-refractivity contribution >= 4 is 17.6 Å². The van der Waals surface area contributed by atoms with Crippen LogP contribution in [0, 0.1) is 6.92 Å². The molecule has 2 heterocycles. The van der Waals surface area contributed by atoms with E-state index in [0.29, 0.717) is 11.5 Å². The summed E-state index contributed by atoms with van der Waals surface area (Å²) in [6.45, 7) is 3.28. The highest BCUT2D eigenvalue weighted by atomic mass is 16.5. The number of ether oxygens (including phenoxy) is 1. The summed E-state index contributed by atoms with van der Waals surface area (Å²) in [5.41, 5.74) is 2.31. The number of carboxylic acid groups (broad SMARTS) is 1. The third-order valence-electron chi connectivity index (χ3n) is 6.08. The number of hydrogen-bond donors (Lipinski definition) is 1. The lowest BCUT2D eigenvalue weighted by Gasteiger charge is -2.33. The summed E-state index contributed by atoms with van der Waals surface area (Å²) in [6.07, 6.45) is 3.30. The number of piperidine rings is 1. The van der Waals surface area contributed by atoms with Gasteiger partial charge in [0.05, 0.1) is 18.2 Å². The number of aromatic nitrogens is 1. The second-order valence-corrected chi connectivity index (χ2v) is 7.69. The lowest BCUT2D eigenvalue weighted by atomic mass is 9.91. The molecule has 7 nitrogen and oxygen atoms in total. The van der Waals surface area contributed by atoms with Crippen LogP contribution in [-0.4, -0.2) is 42.4 Å². The molecule has 0 spiro atoms. The van der Waals surface area contributed by atoms with Crippen molar-refractivity contribution < 1.29 is 24.0 Å². The first kappa shape index (κ1) is 18.5. The second kappa shape index (κ2) is 6.96. The number of nitrogens with zero attached hydrogens (tertiary/aromatic N) is 2. The molecule has 1 aromatic heterocycles. The molecule has 28 heavy (non-hydrogen) atoms. The molecule has 148 valence electrons. The minimum absolute atomic E-state index is 0.0666. The van der Waals surface area contributed by atoms with Gasteiger partial charge in [0.1, 0.15) is 5.56 Å². The molecule has 0 amide bonds. The zero-order chi connectivity index (χ0) is 19.9. The summed E-state index contributed by atoms with van der Waals surface area (Å²) in [5, 5.41) is 13.2. The minimum atomic E-state index is -0.980. The SMILES string of the molecule is COC(=O)C1(c2ccc(N3CCC(c4onc(C)c4C(=O)O)CC3)cc2)CC1. The van der Waals surface area contributed by atoms with E-state index in [1.165, 1.54) is 7.11 Å². The van der Waals surface area contributed by atoms with Gasteiger partial charge in [0.15, 0.2) is 5.76 Å². The molecule has 1 saturated carbocycles. The maximum atomic E-state index is 12.0. The molecule has 0 radical (unpaired) electrons. The van der Waals surface area contributed by atoms with Crippen LogP contribution in [0.3, 0.4) is 0 Å². The lowest BCUT2D eigenvalue weighted by Crippen LogP contribution is -2.33. The van der Waals surface area contributed by atoms with Gasteiger partial charge in [0.25, 0.3) is 0 Å². The lowest BCUT2D eigenvalue weighted by molar-refractivity contribution is -0.143. The van der Waals surface area contributed by atoms with Crippen molar-refractivity contribution in [3.8, 4) is 0 Å². The molecular formula is C21H24N2O5. The first-order chi connectivity index (χ1) is 13.5. The Balaban J connectivity index is 1.43. The van der Waals surface area contributed by atoms with Gasteiger partial charge < -0.3 is 19.3 Å². The summed E-state index contributed by atoms with van der Waals surface area (Å²) in [7, 11) is 1.44. The van der Waals surface area contributed by atoms with E-state index in [1.807, 2.05) is 12.1 Å². The Bertz CT molecular complexity index is 890. The fraction of sp³-hybridized carbons (Fsp3) is 0.476. The highest BCUT2D eigenvalue weighted by Crippen LogP contribution is 2.49. The largest absolute Gasteiger partial charge is 0.477 e. The summed E-state index contributed by atoms with van der Waals surface area (Å²) >= 11 is 0. The molecule has 0 atom stereocenters. The number of carbonyl (C=O) groups is 2. The average molecular weight is 384 g/mol. The van der Waals surface area contributed by atoms with Crippen molar-refractivity contribution in [2.75, 3.05) is 25.1 Å². The van der Waals surface area contributed by atoms with Crippen molar-refractivity contribution in [1.29, 1.82) is 0 Å². The van der Waals surface area contributed by atoms with Crippen LogP contribution in [0.5, 0.6) is 0 Å². The number of benzene rings is 1. The van der Waals surface area contributed by atoms with E-state index in [9.17, 15) is 14.7 Å². The maximum Gasteiger partial charge on any atom is 0.341 e. The van der Waals surface area contributed by atoms with Crippen LogP contribution < -0.4 is 4.90 Å². The maximum absolute atomic E-state index is 12.0. The fourth-order valence-electron chi connectivity index (χ4n) is 4.25. The van der Waals surface area contributed by atoms with E-state index < -0.39 is 11.4 Å². The standard InChI is InChI=1S/C21H24N2O5/c1-13-17(19(24)25)18(28-22-13)14-7-11-23(12-8-14)16-5-3-15(4-6-16)21(9-10-21)20(26)27-2/h3-6,14H,7-12H2,1-2H3,(H,24,25). The molecule has 0 unspecified atom stereocenters. The normalized spacial score (nSPS) is 18.7. The Labute approximate surface area is 163 Å². The third-order valence-corrected chi connectivity index (χ3v) is 6.08. The molecule has 1 N–H and O–H groups in total. The van der Waals surface area contributed by atoms with Crippen LogP contribution in [0.4, 0.5) is 5.69 Å². The van der Waals surface area contributed by atoms with Gasteiger partial charge in [0, 0.05) is 24.7 Å². The number of carbonyl (C=O) groups excluding carboxylic acids is 1. The van der Waals surface area contributed by atoms with Gasteiger partial charge in [-0.2, -0.15) is 0 Å². The quantitative estimate of drug-likeness (QED) is 0.791. The first-order valence-corrected chi connectivity index (χ1v) is 9.59. The van der Waals surface area contributed by atoms with Gasteiger partial charge in [-0.25, -0.2) is 4.79 Å². The number of anilines is 1. The molecule has 1 aromatic carbocycles. The van der Waals surface area contributed by atoms with Gasteiger partial charge in [0.2, 0.25) is 0 Å². The molecule has 7 heteroatoms. The van der Waals surface area contributed by atoms with Gasteiger partial charge >= 0.3 is 11.9 Å². The van der Waals surface area contributed by atoms with Crippen molar-refractivity contribution in [2.45, 2.75) is 43.9 Å². The molecule has 1 saturated heterocycles. The summed E-state index contributed by atoms with van der Waals surface area (Å²) < 4.78 is 10.3. The Hall–Kier alpha value is -2.83. The molecule has 2 aromatic rings. The Morgan fingerprint density at radius 1 is 1.21 bits per heavy atom. The summed E-state index contributed by atoms with van der Waals surface area (Å²) in [6, 6.07) is 8.15. The molecule has 1 aliphatic carbocycles. The monoisotopic (exact) mass is 384 g/mol. The highest BCUT2D eigenvalue weighted by Gasteiger charge is 2.52. The highest BCUT2D eigenvalue weighted by molar-refractivity contribution is 5.90. The van der Waals surface area contributed by atoms with Gasteiger partial charge in [-0.15, -0.1) is 0 Å². The van der Waals surface area contributed by atoms with Crippen LogP contribution in [0.1, 0.15) is 59.0 Å². The van der Waals surface area contributed by atoms with E-state index in [1.54, 1.807) is 6.92 Å². The third kappa shape index (κ3) is 3.04. The van der Waals surface area contributed by atoms with E-state index in [2.05, 4.69) is 22.2 Å². The van der Waals surface area contributed by atoms with Crippen LogP contribution in [-0.2, 0) is 14.9 Å². The summed E-state index contributed by atoms with van der Waals surface area (Å²) in [5.74, 6) is -0.574. The van der Waals surface area contributed by atoms with E-state index >= 15 is 0 Å². The van der Waals surface area contributed by atoms with Gasteiger partial charge in [-0.1, -0.05) is 17.3 Å². The smallest absolute Gasteiger partial charge is 0.341 e. The van der Waals surface area contributed by atoms with Crippen LogP contribution in [0.25, 0.3) is 0 Å².